The van der Waals surface area contributed by atoms with Crippen LogP contribution in [0.25, 0.3) is 0 Å². The molecule has 0 aromatic carbocycles. The van der Waals surface area contributed by atoms with Gasteiger partial charge in [0, 0.05) is 5.69 Å². The fourth-order valence-corrected chi connectivity index (χ4v) is 1.15. The average Bonchev–Trinajstić information content (AvgIpc) is 2.62. The van der Waals surface area contributed by atoms with Gasteiger partial charge in [-0.05, 0) is 12.5 Å². The summed E-state index contributed by atoms with van der Waals surface area (Å²) in [6, 6.07) is 1.45. The number of amides is 1. The quantitative estimate of drug-likeness (QED) is 0.833. The van der Waals surface area contributed by atoms with Crippen molar-refractivity contribution in [3.8, 4) is 0 Å². The molecule has 0 fully saturated rings. The molecule has 1 rings (SSSR count). The number of alkyl halides is 3. The van der Waals surface area contributed by atoms with Crippen molar-refractivity contribution < 1.29 is 18.0 Å². The third-order valence-electron chi connectivity index (χ3n) is 1.83. The molecule has 16 heavy (non-hydrogen) atoms. The van der Waals surface area contributed by atoms with E-state index in [-0.39, 0.29) is 5.69 Å². The van der Waals surface area contributed by atoms with Gasteiger partial charge in [0.1, 0.15) is 12.2 Å². The lowest BCUT2D eigenvalue weighted by atomic mass is 10.2. The minimum absolute atomic E-state index is 0.0206. The molecule has 7 heteroatoms. The van der Waals surface area contributed by atoms with Crippen molar-refractivity contribution in [2.24, 2.45) is 0 Å². The Kier molecular flexibility index (Phi) is 3.92. The molecule has 0 radical (unpaired) electrons. The molecule has 1 aromatic rings. The lowest BCUT2D eigenvalue weighted by molar-refractivity contribution is -0.123. The number of carbonyl (C=O) groups is 1. The predicted octanol–water partition coefficient (Wildman–Crippen LogP) is 1.65. The third kappa shape index (κ3) is 3.92. The van der Waals surface area contributed by atoms with E-state index in [2.05, 4.69) is 10.2 Å². The van der Waals surface area contributed by atoms with Crippen LogP contribution in [-0.2, 0) is 6.42 Å². The molecular weight excluding hydrogens is 223 g/mol. The number of hydrogen-bond acceptors (Lipinski definition) is 2. The average molecular weight is 235 g/mol. The Morgan fingerprint density at radius 1 is 1.56 bits per heavy atom. The molecule has 1 heterocycles. The van der Waals surface area contributed by atoms with Gasteiger partial charge in [0.15, 0.2) is 0 Å². The number of nitrogens with one attached hydrogen (secondary N) is 2. The molecule has 0 spiro atoms. The Bertz CT molecular complexity index is 359. The first-order valence-electron chi connectivity index (χ1n) is 4.81. The van der Waals surface area contributed by atoms with Crippen LogP contribution in [0.1, 0.15) is 29.5 Å². The van der Waals surface area contributed by atoms with Crippen LogP contribution in [0.2, 0.25) is 0 Å². The van der Waals surface area contributed by atoms with Gasteiger partial charge in [0.05, 0.1) is 0 Å². The second kappa shape index (κ2) is 5.00. The first kappa shape index (κ1) is 12.5. The van der Waals surface area contributed by atoms with Crippen molar-refractivity contribution in [2.75, 3.05) is 6.54 Å². The minimum atomic E-state index is -4.40. The van der Waals surface area contributed by atoms with Crippen molar-refractivity contribution in [1.29, 1.82) is 0 Å². The van der Waals surface area contributed by atoms with Gasteiger partial charge in [-0.1, -0.05) is 13.3 Å². The maximum atomic E-state index is 11.8. The number of H-pyrrole nitrogens is 1. The number of aromatic nitrogens is 2. The monoisotopic (exact) mass is 235 g/mol. The van der Waals surface area contributed by atoms with Crippen LogP contribution in [0.4, 0.5) is 13.2 Å². The topological polar surface area (TPSA) is 57.8 Å². The number of aryl methyl sites for hydroxylation is 1. The first-order chi connectivity index (χ1) is 7.42. The van der Waals surface area contributed by atoms with E-state index in [1.807, 2.05) is 6.92 Å². The summed E-state index contributed by atoms with van der Waals surface area (Å²) < 4.78 is 35.4. The molecule has 0 bridgehead atoms. The zero-order chi connectivity index (χ0) is 12.2. The number of rotatable bonds is 4. The number of aromatic amines is 1. The lowest BCUT2D eigenvalue weighted by Gasteiger charge is -2.06. The Hall–Kier alpha value is -1.53. The van der Waals surface area contributed by atoms with Crippen molar-refractivity contribution in [1.82, 2.24) is 15.5 Å². The van der Waals surface area contributed by atoms with E-state index in [4.69, 9.17) is 0 Å². The van der Waals surface area contributed by atoms with Crippen LogP contribution in [-0.4, -0.2) is 28.8 Å². The maximum absolute atomic E-state index is 11.8. The van der Waals surface area contributed by atoms with Crippen LogP contribution in [0.3, 0.4) is 0 Å². The van der Waals surface area contributed by atoms with Gasteiger partial charge in [-0.2, -0.15) is 18.3 Å². The molecule has 0 aliphatic carbocycles. The van der Waals surface area contributed by atoms with E-state index < -0.39 is 18.6 Å². The summed E-state index contributed by atoms with van der Waals surface area (Å²) in [6.45, 7) is 0.603. The van der Waals surface area contributed by atoms with Crippen LogP contribution >= 0.6 is 0 Å². The summed E-state index contributed by atoms with van der Waals surface area (Å²) in [7, 11) is 0. The molecule has 2 N–H and O–H groups in total. The van der Waals surface area contributed by atoms with Gasteiger partial charge >= 0.3 is 6.18 Å². The maximum Gasteiger partial charge on any atom is 0.405 e. The van der Waals surface area contributed by atoms with Gasteiger partial charge in [-0.25, -0.2) is 0 Å². The highest BCUT2D eigenvalue weighted by Gasteiger charge is 2.28. The zero-order valence-electron chi connectivity index (χ0n) is 8.69. The van der Waals surface area contributed by atoms with E-state index in [9.17, 15) is 18.0 Å². The largest absolute Gasteiger partial charge is 0.405 e. The summed E-state index contributed by atoms with van der Waals surface area (Å²) in [5.74, 6) is -0.823. The molecular formula is C9H12F3N3O. The first-order valence-corrected chi connectivity index (χ1v) is 4.81. The van der Waals surface area contributed by atoms with Gasteiger partial charge in [-0.15, -0.1) is 0 Å². The van der Waals surface area contributed by atoms with Crippen molar-refractivity contribution in [3.05, 3.63) is 17.5 Å². The highest BCUT2D eigenvalue weighted by molar-refractivity contribution is 5.92. The van der Waals surface area contributed by atoms with Gasteiger partial charge in [-0.3, -0.25) is 9.89 Å². The summed E-state index contributed by atoms with van der Waals surface area (Å²) in [4.78, 5) is 11.2. The van der Waals surface area contributed by atoms with Crippen molar-refractivity contribution >= 4 is 5.91 Å². The van der Waals surface area contributed by atoms with Crippen molar-refractivity contribution in [3.63, 3.8) is 0 Å². The van der Waals surface area contributed by atoms with Crippen LogP contribution < -0.4 is 5.32 Å². The molecule has 0 unspecified atom stereocenters. The SMILES string of the molecule is CCCc1cc(C(=O)NCC(F)(F)F)n[nH]1. The van der Waals surface area contributed by atoms with Crippen LogP contribution in [0.15, 0.2) is 6.07 Å². The molecule has 0 aliphatic rings. The smallest absolute Gasteiger partial charge is 0.342 e. The summed E-state index contributed by atoms with van der Waals surface area (Å²) in [6.07, 6.45) is -2.83. The van der Waals surface area contributed by atoms with E-state index >= 15 is 0 Å². The van der Waals surface area contributed by atoms with E-state index in [1.165, 1.54) is 6.07 Å². The van der Waals surface area contributed by atoms with E-state index in [0.717, 1.165) is 12.1 Å². The second-order valence-electron chi connectivity index (χ2n) is 3.33. The third-order valence-corrected chi connectivity index (χ3v) is 1.83. The number of halogens is 3. The van der Waals surface area contributed by atoms with E-state index in [0.29, 0.717) is 6.42 Å². The Morgan fingerprint density at radius 2 is 2.25 bits per heavy atom. The van der Waals surface area contributed by atoms with Gasteiger partial charge in [0.2, 0.25) is 0 Å². The highest BCUT2D eigenvalue weighted by Crippen LogP contribution is 2.12. The summed E-state index contributed by atoms with van der Waals surface area (Å²) in [5.41, 5.74) is 0.715. The molecule has 0 saturated heterocycles. The number of carbonyl (C=O) groups excluding carboxylic acids is 1. The molecule has 1 amide bonds. The zero-order valence-corrected chi connectivity index (χ0v) is 8.69. The fourth-order valence-electron chi connectivity index (χ4n) is 1.15. The van der Waals surface area contributed by atoms with Gasteiger partial charge < -0.3 is 5.32 Å². The molecule has 0 atom stereocenters. The molecule has 1 aromatic heterocycles. The Balaban J connectivity index is 2.53. The minimum Gasteiger partial charge on any atom is -0.342 e. The number of hydrogen-bond donors (Lipinski definition) is 2. The molecule has 0 saturated carbocycles. The predicted molar refractivity (Wildman–Crippen MR) is 51.0 cm³/mol. The van der Waals surface area contributed by atoms with E-state index in [1.54, 1.807) is 5.32 Å². The Labute approximate surface area is 90.2 Å². The normalized spacial score (nSPS) is 11.5. The summed E-state index contributed by atoms with van der Waals surface area (Å²) >= 11 is 0. The van der Waals surface area contributed by atoms with Crippen LogP contribution in [0.5, 0.6) is 0 Å². The molecule has 4 nitrogen and oxygen atoms in total. The van der Waals surface area contributed by atoms with Crippen LogP contribution in [0, 0.1) is 0 Å². The summed E-state index contributed by atoms with van der Waals surface area (Å²) in [5, 5.41) is 7.97. The Morgan fingerprint density at radius 3 is 2.81 bits per heavy atom. The molecule has 0 aliphatic heterocycles. The lowest BCUT2D eigenvalue weighted by Crippen LogP contribution is -2.33. The standard InChI is InChI=1S/C9H12F3N3O/c1-2-3-6-4-7(15-14-6)8(16)13-5-9(10,11)12/h4H,2-3,5H2,1H3,(H,13,16)(H,14,15). The molecule has 90 valence electrons. The fraction of sp³-hybridized carbons (Fsp3) is 0.556. The highest BCUT2D eigenvalue weighted by atomic mass is 19.4. The second-order valence-corrected chi connectivity index (χ2v) is 3.33. The van der Waals surface area contributed by atoms with Crippen molar-refractivity contribution in [2.45, 2.75) is 25.9 Å². The van der Waals surface area contributed by atoms with Gasteiger partial charge in [0.25, 0.3) is 5.91 Å². The number of nitrogens with zero attached hydrogens (tertiary/aromatic N) is 1.